The molecule has 15 heavy (non-hydrogen) atoms. The van der Waals surface area contributed by atoms with E-state index >= 15 is 0 Å². The standard InChI is InChI=1S/C11H17ClO3/c12-7-3-1-5-10(13)9-15-11-6-2-4-8-14-11/h10-11,13H,2,4-9H2. The Morgan fingerprint density at radius 2 is 2.33 bits per heavy atom. The van der Waals surface area contributed by atoms with Gasteiger partial charge in [-0.1, -0.05) is 11.8 Å². The molecule has 3 nitrogen and oxygen atoms in total. The van der Waals surface area contributed by atoms with Gasteiger partial charge in [-0.15, -0.1) is 11.6 Å². The monoisotopic (exact) mass is 232 g/mol. The van der Waals surface area contributed by atoms with Crippen molar-refractivity contribution >= 4 is 11.6 Å². The van der Waals surface area contributed by atoms with Gasteiger partial charge in [-0.3, -0.25) is 0 Å². The van der Waals surface area contributed by atoms with Crippen LogP contribution >= 0.6 is 11.6 Å². The summed E-state index contributed by atoms with van der Waals surface area (Å²) in [6.45, 7) is 1.04. The van der Waals surface area contributed by atoms with Gasteiger partial charge in [-0.2, -0.15) is 0 Å². The molecule has 0 aromatic heterocycles. The molecule has 1 fully saturated rings. The van der Waals surface area contributed by atoms with E-state index in [2.05, 4.69) is 11.8 Å². The van der Waals surface area contributed by atoms with E-state index in [1.165, 1.54) is 0 Å². The molecule has 86 valence electrons. The Labute approximate surface area is 95.7 Å². The van der Waals surface area contributed by atoms with Crippen LogP contribution in [-0.4, -0.2) is 36.6 Å². The molecule has 0 bridgehead atoms. The maximum Gasteiger partial charge on any atom is 0.157 e. The highest BCUT2D eigenvalue weighted by molar-refractivity contribution is 6.19. The number of hydrogen-bond donors (Lipinski definition) is 1. The minimum Gasteiger partial charge on any atom is -0.390 e. The average molecular weight is 233 g/mol. The minimum atomic E-state index is -0.550. The predicted molar refractivity (Wildman–Crippen MR) is 58.7 cm³/mol. The molecule has 0 amide bonds. The van der Waals surface area contributed by atoms with Gasteiger partial charge in [0, 0.05) is 13.0 Å². The number of halogens is 1. The predicted octanol–water partition coefficient (Wildman–Crippen LogP) is 1.52. The van der Waals surface area contributed by atoms with E-state index in [9.17, 15) is 5.11 Å². The molecule has 2 atom stereocenters. The number of ether oxygens (including phenoxy) is 2. The van der Waals surface area contributed by atoms with Crippen molar-refractivity contribution in [1.29, 1.82) is 0 Å². The molecular weight excluding hydrogens is 216 g/mol. The molecule has 0 aromatic carbocycles. The molecule has 1 heterocycles. The number of aliphatic hydroxyl groups excluding tert-OH is 1. The first-order valence-electron chi connectivity index (χ1n) is 5.26. The fourth-order valence-corrected chi connectivity index (χ4v) is 1.45. The van der Waals surface area contributed by atoms with Crippen molar-refractivity contribution in [3.8, 4) is 11.8 Å². The van der Waals surface area contributed by atoms with Crippen LogP contribution in [0.5, 0.6) is 0 Å². The van der Waals surface area contributed by atoms with Gasteiger partial charge in [-0.05, 0) is 19.3 Å². The molecule has 0 aromatic rings. The third kappa shape index (κ3) is 6.01. The lowest BCUT2D eigenvalue weighted by atomic mass is 10.2. The Morgan fingerprint density at radius 3 is 3.00 bits per heavy atom. The highest BCUT2D eigenvalue weighted by Gasteiger charge is 2.15. The van der Waals surface area contributed by atoms with Crippen molar-refractivity contribution < 1.29 is 14.6 Å². The maximum absolute atomic E-state index is 9.48. The van der Waals surface area contributed by atoms with Crippen LogP contribution in [0.2, 0.25) is 0 Å². The topological polar surface area (TPSA) is 38.7 Å². The molecular formula is C11H17ClO3. The van der Waals surface area contributed by atoms with Crippen LogP contribution in [0, 0.1) is 11.8 Å². The summed E-state index contributed by atoms with van der Waals surface area (Å²) in [5, 5.41) is 9.48. The lowest BCUT2D eigenvalue weighted by Crippen LogP contribution is -2.26. The second-order valence-corrected chi connectivity index (χ2v) is 3.74. The maximum atomic E-state index is 9.48. The van der Waals surface area contributed by atoms with E-state index in [1.807, 2.05) is 0 Å². The first-order valence-corrected chi connectivity index (χ1v) is 5.79. The van der Waals surface area contributed by atoms with Gasteiger partial charge in [0.15, 0.2) is 6.29 Å². The van der Waals surface area contributed by atoms with Crippen molar-refractivity contribution in [1.82, 2.24) is 0 Å². The summed E-state index contributed by atoms with van der Waals surface area (Å²) in [5.74, 6) is 5.76. The van der Waals surface area contributed by atoms with Crippen molar-refractivity contribution in [3.63, 3.8) is 0 Å². The number of rotatable bonds is 4. The molecule has 4 heteroatoms. The molecule has 0 saturated carbocycles. The fourth-order valence-electron chi connectivity index (χ4n) is 1.36. The van der Waals surface area contributed by atoms with Gasteiger partial charge in [0.1, 0.15) is 0 Å². The van der Waals surface area contributed by atoms with Crippen LogP contribution in [0.15, 0.2) is 0 Å². The quantitative estimate of drug-likeness (QED) is 0.590. The summed E-state index contributed by atoms with van der Waals surface area (Å²) < 4.78 is 10.8. The van der Waals surface area contributed by atoms with Gasteiger partial charge in [0.05, 0.1) is 18.6 Å². The van der Waals surface area contributed by atoms with Crippen LogP contribution in [-0.2, 0) is 9.47 Å². The smallest absolute Gasteiger partial charge is 0.157 e. The van der Waals surface area contributed by atoms with Crippen LogP contribution < -0.4 is 0 Å². The Hall–Kier alpha value is -0.270. The molecule has 0 spiro atoms. The first-order chi connectivity index (χ1) is 7.33. The van der Waals surface area contributed by atoms with Crippen molar-refractivity contribution in [2.24, 2.45) is 0 Å². The van der Waals surface area contributed by atoms with Crippen molar-refractivity contribution in [3.05, 3.63) is 0 Å². The first kappa shape index (κ1) is 12.8. The third-order valence-corrected chi connectivity index (χ3v) is 2.28. The van der Waals surface area contributed by atoms with E-state index in [1.54, 1.807) is 0 Å². The molecule has 1 rings (SSSR count). The molecule has 1 saturated heterocycles. The summed E-state index contributed by atoms with van der Waals surface area (Å²) in [7, 11) is 0. The van der Waals surface area contributed by atoms with Gasteiger partial charge in [0.2, 0.25) is 0 Å². The molecule has 1 aliphatic heterocycles. The van der Waals surface area contributed by atoms with Gasteiger partial charge < -0.3 is 14.6 Å². The van der Waals surface area contributed by atoms with Crippen molar-refractivity contribution in [2.75, 3.05) is 19.1 Å². The zero-order valence-electron chi connectivity index (χ0n) is 8.75. The number of hydrogen-bond acceptors (Lipinski definition) is 3. The van der Waals surface area contributed by atoms with Gasteiger partial charge in [-0.25, -0.2) is 0 Å². The Balaban J connectivity index is 2.07. The van der Waals surface area contributed by atoms with Gasteiger partial charge >= 0.3 is 0 Å². The van der Waals surface area contributed by atoms with Crippen LogP contribution in [0.3, 0.4) is 0 Å². The van der Waals surface area contributed by atoms with Crippen LogP contribution in [0.25, 0.3) is 0 Å². The fraction of sp³-hybridized carbons (Fsp3) is 0.818. The zero-order chi connectivity index (χ0) is 10.9. The largest absolute Gasteiger partial charge is 0.390 e. The zero-order valence-corrected chi connectivity index (χ0v) is 9.50. The van der Waals surface area contributed by atoms with Crippen molar-refractivity contribution in [2.45, 2.75) is 38.1 Å². The second kappa shape index (κ2) is 7.95. The van der Waals surface area contributed by atoms with E-state index in [-0.39, 0.29) is 12.9 Å². The number of alkyl halides is 1. The highest BCUT2D eigenvalue weighted by Crippen LogP contribution is 2.13. The summed E-state index contributed by atoms with van der Waals surface area (Å²) in [6, 6.07) is 0. The second-order valence-electron chi connectivity index (χ2n) is 3.47. The molecule has 0 radical (unpaired) electrons. The summed E-state index contributed by atoms with van der Waals surface area (Å²) in [4.78, 5) is 0. The Bertz CT molecular complexity index is 216. The number of aliphatic hydroxyl groups is 1. The molecule has 2 unspecified atom stereocenters. The average Bonchev–Trinajstić information content (AvgIpc) is 2.28. The summed E-state index contributed by atoms with van der Waals surface area (Å²) in [6.07, 6.45) is 2.86. The van der Waals surface area contributed by atoms with E-state index in [0.29, 0.717) is 12.3 Å². The lowest BCUT2D eigenvalue weighted by molar-refractivity contribution is -0.174. The molecule has 1 N–H and O–H groups in total. The lowest BCUT2D eigenvalue weighted by Gasteiger charge is -2.23. The normalized spacial score (nSPS) is 22.9. The minimum absolute atomic E-state index is 0.144. The van der Waals surface area contributed by atoms with Crippen LogP contribution in [0.1, 0.15) is 25.7 Å². The van der Waals surface area contributed by atoms with E-state index < -0.39 is 6.10 Å². The Morgan fingerprint density at radius 1 is 1.47 bits per heavy atom. The van der Waals surface area contributed by atoms with E-state index in [0.717, 1.165) is 25.9 Å². The van der Waals surface area contributed by atoms with Gasteiger partial charge in [0.25, 0.3) is 0 Å². The van der Waals surface area contributed by atoms with Crippen LogP contribution in [0.4, 0.5) is 0 Å². The Kier molecular flexibility index (Phi) is 6.78. The third-order valence-electron chi connectivity index (χ3n) is 2.14. The van der Waals surface area contributed by atoms with E-state index in [4.69, 9.17) is 21.1 Å². The summed E-state index contributed by atoms with van der Waals surface area (Å²) >= 11 is 5.38. The SMILES string of the molecule is OC(CC#CCCl)COC1CCCCO1. The molecule has 0 aliphatic carbocycles. The highest BCUT2D eigenvalue weighted by atomic mass is 35.5. The molecule has 1 aliphatic rings. The summed E-state index contributed by atoms with van der Waals surface area (Å²) in [5.41, 5.74) is 0.